The van der Waals surface area contributed by atoms with Gasteiger partial charge in [0.25, 0.3) is 11.8 Å². The van der Waals surface area contributed by atoms with E-state index in [0.29, 0.717) is 12.8 Å². The van der Waals surface area contributed by atoms with Crippen LogP contribution in [0.25, 0.3) is 0 Å². The maximum absolute atomic E-state index is 13.1. The average Bonchev–Trinajstić information content (AvgIpc) is 3.01. The minimum Gasteiger partial charge on any atom is -0.352 e. The molecule has 9 heteroatoms. The number of carbonyl (C=O) groups excluding carboxylic acids is 2. The topological polar surface area (TPSA) is 84.0 Å². The van der Waals surface area contributed by atoms with E-state index in [1.54, 1.807) is 0 Å². The Hall–Kier alpha value is -1.30. The fraction of sp³-hybridized carbons (Fsp3) is 0.200. The van der Waals surface area contributed by atoms with Gasteiger partial charge in [-0.25, -0.2) is 4.39 Å². The van der Waals surface area contributed by atoms with Crippen LogP contribution in [-0.2, 0) is 0 Å². The number of halogens is 1. The zero-order chi connectivity index (χ0) is 16.8. The summed E-state index contributed by atoms with van der Waals surface area (Å²) in [6.45, 7) is 7.43. The second-order valence-corrected chi connectivity index (χ2v) is 5.60. The Morgan fingerprint density at radius 3 is 2.54 bits per heavy atom. The Bertz CT molecular complexity index is 706. The summed E-state index contributed by atoms with van der Waals surface area (Å²) in [5, 5.41) is 12.9. The molecule has 0 aliphatic heterocycles. The van der Waals surface area contributed by atoms with Crippen LogP contribution >= 0.6 is 11.3 Å². The molecule has 2 aromatic rings. The molecule has 1 aromatic carbocycles. The van der Waals surface area contributed by atoms with Crippen molar-refractivity contribution < 1.29 is 45.1 Å². The van der Waals surface area contributed by atoms with Crippen LogP contribution in [0.1, 0.15) is 33.0 Å². The van der Waals surface area contributed by atoms with Crippen LogP contribution in [0.4, 0.5) is 9.52 Å². The summed E-state index contributed by atoms with van der Waals surface area (Å²) in [4.78, 5) is 23.9. The standard InChI is InChI=1S/C15H15FN4O2S.U/c1-3-11(4-2)17-13(22)14-19-20-15(23-14)18-12(21)9-6-5-7-10(16)8-9;/h5-8,11H,1-4H2,(H,17,22)(H,18,20,21);/q-2;+2. The second-order valence-electron chi connectivity index (χ2n) is 4.62. The zero-order valence-corrected chi connectivity index (χ0v) is 17.7. The number of carbonyl (C=O) groups is 2. The summed E-state index contributed by atoms with van der Waals surface area (Å²) in [7, 11) is 0. The minimum absolute atomic E-state index is 0. The Kier molecular flexibility index (Phi) is 8.53. The monoisotopic (exact) mass is 572 g/mol. The Morgan fingerprint density at radius 2 is 1.92 bits per heavy atom. The molecule has 1 aromatic heterocycles. The second kappa shape index (κ2) is 9.87. The first kappa shape index (κ1) is 20.7. The minimum atomic E-state index is -0.527. The van der Waals surface area contributed by atoms with Crippen LogP contribution in [0, 0.1) is 50.8 Å². The van der Waals surface area contributed by atoms with Crippen LogP contribution in [-0.4, -0.2) is 28.1 Å². The van der Waals surface area contributed by atoms with Gasteiger partial charge in [-0.05, 0) is 24.2 Å². The number of benzene rings is 1. The van der Waals surface area contributed by atoms with Gasteiger partial charge in [0, 0.05) is 5.56 Å². The molecule has 0 saturated carbocycles. The van der Waals surface area contributed by atoms with E-state index in [1.165, 1.54) is 18.2 Å². The number of anilines is 1. The number of nitrogens with zero attached hydrogens (tertiary/aromatic N) is 2. The van der Waals surface area contributed by atoms with E-state index in [0.717, 1.165) is 17.4 Å². The molecule has 0 aliphatic rings. The maximum atomic E-state index is 13.1. The van der Waals surface area contributed by atoms with Crippen LogP contribution in [0.3, 0.4) is 0 Å². The summed E-state index contributed by atoms with van der Waals surface area (Å²) in [6.07, 6.45) is 1.02. The Morgan fingerprint density at radius 1 is 1.21 bits per heavy atom. The fourth-order valence-electron chi connectivity index (χ4n) is 1.70. The van der Waals surface area contributed by atoms with Gasteiger partial charge in [-0.2, -0.15) is 12.8 Å². The molecule has 0 fully saturated rings. The van der Waals surface area contributed by atoms with Crippen molar-refractivity contribution in [1.82, 2.24) is 15.5 Å². The van der Waals surface area contributed by atoms with Crippen LogP contribution in [0.2, 0.25) is 0 Å². The molecular formula is C15H15FN4O2SU. The van der Waals surface area contributed by atoms with Crippen molar-refractivity contribution in [3.05, 3.63) is 54.5 Å². The summed E-state index contributed by atoms with van der Waals surface area (Å²) in [5.41, 5.74) is 0.153. The SMILES string of the molecule is [CH2-]CC(C[CH2-])NC(=O)c1nnc(NC(=O)c2cccc(F)c2)s1.[U+2]. The first-order valence-corrected chi connectivity index (χ1v) is 7.65. The smallest absolute Gasteiger partial charge is 0.352 e. The van der Waals surface area contributed by atoms with Gasteiger partial charge in [-0.15, -0.1) is 10.2 Å². The maximum Gasteiger partial charge on any atom is 2.00 e. The molecule has 0 aliphatic carbocycles. The van der Waals surface area contributed by atoms with Crippen molar-refractivity contribution in [2.75, 3.05) is 5.32 Å². The van der Waals surface area contributed by atoms with Gasteiger partial charge in [-0.1, -0.05) is 17.4 Å². The first-order chi connectivity index (χ1) is 11.0. The molecule has 0 radical (unpaired) electrons. The number of hydrogen-bond donors (Lipinski definition) is 2. The predicted molar refractivity (Wildman–Crippen MR) is 85.5 cm³/mol. The van der Waals surface area contributed by atoms with Gasteiger partial charge in [-0.3, -0.25) is 14.9 Å². The van der Waals surface area contributed by atoms with E-state index in [9.17, 15) is 14.0 Å². The molecule has 0 unspecified atom stereocenters. The summed E-state index contributed by atoms with van der Waals surface area (Å²) < 4.78 is 13.1. The van der Waals surface area contributed by atoms with E-state index < -0.39 is 17.6 Å². The third kappa shape index (κ3) is 5.65. The predicted octanol–water partition coefficient (Wildman–Crippen LogP) is 2.48. The van der Waals surface area contributed by atoms with Crippen molar-refractivity contribution in [2.24, 2.45) is 0 Å². The van der Waals surface area contributed by atoms with Gasteiger partial charge in [0.1, 0.15) is 5.82 Å². The Labute approximate surface area is 167 Å². The summed E-state index contributed by atoms with van der Waals surface area (Å²) >= 11 is 0.930. The normalized spacial score (nSPS) is 10.2. The molecule has 24 heavy (non-hydrogen) atoms. The molecule has 0 atom stereocenters. The van der Waals surface area contributed by atoms with E-state index in [2.05, 4.69) is 34.7 Å². The molecule has 6 nitrogen and oxygen atoms in total. The van der Waals surface area contributed by atoms with Gasteiger partial charge in [0.15, 0.2) is 0 Å². The first-order valence-electron chi connectivity index (χ1n) is 6.83. The van der Waals surface area contributed by atoms with E-state index in [1.807, 2.05) is 0 Å². The number of aromatic nitrogens is 2. The fourth-order valence-corrected chi connectivity index (χ4v) is 2.34. The molecular weight excluding hydrogens is 557 g/mol. The zero-order valence-electron chi connectivity index (χ0n) is 12.7. The molecule has 0 bridgehead atoms. The van der Waals surface area contributed by atoms with E-state index in [4.69, 9.17) is 0 Å². The largest absolute Gasteiger partial charge is 2.00 e. The van der Waals surface area contributed by atoms with Crippen molar-refractivity contribution >= 4 is 28.3 Å². The third-order valence-corrected chi connectivity index (χ3v) is 3.80. The van der Waals surface area contributed by atoms with Crippen LogP contribution < -0.4 is 10.6 Å². The Balaban J connectivity index is 0.00000288. The molecule has 2 N–H and O–H groups in total. The van der Waals surface area contributed by atoms with E-state index in [-0.39, 0.29) is 52.9 Å². The molecule has 2 amide bonds. The van der Waals surface area contributed by atoms with Crippen LogP contribution in [0.5, 0.6) is 0 Å². The number of hydrogen-bond acceptors (Lipinski definition) is 5. The van der Waals surface area contributed by atoms with Gasteiger partial charge in [0.2, 0.25) is 10.1 Å². The third-order valence-electron chi connectivity index (χ3n) is 2.96. The molecule has 0 saturated heterocycles. The van der Waals surface area contributed by atoms with Gasteiger partial charge in [0.05, 0.1) is 0 Å². The van der Waals surface area contributed by atoms with Crippen molar-refractivity contribution in [3.8, 4) is 0 Å². The van der Waals surface area contributed by atoms with Crippen LogP contribution in [0.15, 0.2) is 24.3 Å². The number of amides is 2. The van der Waals surface area contributed by atoms with Crippen molar-refractivity contribution in [2.45, 2.75) is 18.9 Å². The quantitative estimate of drug-likeness (QED) is 0.522. The molecule has 124 valence electrons. The molecule has 0 spiro atoms. The van der Waals surface area contributed by atoms with Crippen molar-refractivity contribution in [3.63, 3.8) is 0 Å². The van der Waals surface area contributed by atoms with Gasteiger partial charge < -0.3 is 19.2 Å². The van der Waals surface area contributed by atoms with Crippen molar-refractivity contribution in [1.29, 1.82) is 0 Å². The van der Waals surface area contributed by atoms with Gasteiger partial charge >= 0.3 is 31.1 Å². The molecule has 2 rings (SSSR count). The summed E-state index contributed by atoms with van der Waals surface area (Å²) in [5.74, 6) is -1.44. The summed E-state index contributed by atoms with van der Waals surface area (Å²) in [6, 6.07) is 5.11. The molecule has 1 heterocycles. The number of rotatable bonds is 6. The number of nitrogens with one attached hydrogen (secondary N) is 2. The average molecular weight is 572 g/mol. The van der Waals surface area contributed by atoms with E-state index >= 15 is 0 Å².